The molecule has 0 atom stereocenters. The number of esters is 1. The predicted octanol–water partition coefficient (Wildman–Crippen LogP) is 5.00. The van der Waals surface area contributed by atoms with Crippen molar-refractivity contribution in [3.8, 4) is 22.4 Å². The Hall–Kier alpha value is -4.32. The minimum Gasteiger partial charge on any atom is -0.465 e. The van der Waals surface area contributed by atoms with E-state index >= 15 is 0 Å². The highest BCUT2D eigenvalue weighted by Gasteiger charge is 2.13. The molecule has 0 bridgehead atoms. The van der Waals surface area contributed by atoms with Crippen molar-refractivity contribution >= 4 is 16.7 Å². The Balaban J connectivity index is 1.39. The van der Waals surface area contributed by atoms with Gasteiger partial charge >= 0.3 is 5.97 Å². The number of carbonyl (C=O) groups excluding carboxylic acids is 1. The Kier molecular flexibility index (Phi) is 5.17. The number of hydrogen-bond donors (Lipinski definition) is 0. The zero-order valence-electron chi connectivity index (χ0n) is 17.5. The van der Waals surface area contributed by atoms with Gasteiger partial charge in [-0.3, -0.25) is 4.98 Å². The van der Waals surface area contributed by atoms with Crippen molar-refractivity contribution in [3.05, 3.63) is 103 Å². The highest BCUT2D eigenvalue weighted by Crippen LogP contribution is 2.27. The van der Waals surface area contributed by atoms with Crippen LogP contribution in [0, 0.1) is 0 Å². The van der Waals surface area contributed by atoms with E-state index in [4.69, 9.17) is 4.74 Å². The van der Waals surface area contributed by atoms with Crippen molar-refractivity contribution in [2.45, 2.75) is 6.54 Å². The average Bonchev–Trinajstić information content (AvgIpc) is 3.32. The second-order valence-electron chi connectivity index (χ2n) is 7.44. The van der Waals surface area contributed by atoms with Crippen LogP contribution in [-0.2, 0) is 11.3 Å². The Morgan fingerprint density at radius 3 is 2.53 bits per heavy atom. The maximum Gasteiger partial charge on any atom is 0.338 e. The molecule has 6 heteroatoms. The molecule has 0 aliphatic rings. The van der Waals surface area contributed by atoms with Crippen molar-refractivity contribution in [1.82, 2.24) is 20.0 Å². The van der Waals surface area contributed by atoms with Gasteiger partial charge in [0, 0.05) is 23.3 Å². The van der Waals surface area contributed by atoms with Crippen molar-refractivity contribution in [2.75, 3.05) is 7.11 Å². The van der Waals surface area contributed by atoms with Crippen molar-refractivity contribution < 1.29 is 9.53 Å². The van der Waals surface area contributed by atoms with Crippen LogP contribution < -0.4 is 0 Å². The van der Waals surface area contributed by atoms with Gasteiger partial charge < -0.3 is 4.74 Å². The molecular formula is C26H20N4O2. The molecule has 0 N–H and O–H groups in total. The molecule has 5 aromatic rings. The molecule has 0 fully saturated rings. The fourth-order valence-electron chi connectivity index (χ4n) is 3.82. The molecule has 0 radical (unpaired) electrons. The van der Waals surface area contributed by atoms with Crippen LogP contribution in [0.3, 0.4) is 0 Å². The van der Waals surface area contributed by atoms with Gasteiger partial charge in [-0.15, -0.1) is 5.10 Å². The quantitative estimate of drug-likeness (QED) is 0.375. The van der Waals surface area contributed by atoms with E-state index in [1.807, 2.05) is 83.9 Å². The third-order valence-corrected chi connectivity index (χ3v) is 5.42. The van der Waals surface area contributed by atoms with E-state index in [0.717, 1.165) is 38.7 Å². The standard InChI is InChI=1S/C26H20N4O2/c1-32-26(31)23-9-5-4-7-21(23)19-12-10-18(11-13-19)16-30-17-25(28-29-30)24-15-27-14-20-6-2-3-8-22(20)24/h2-15,17H,16H2,1H3. The Bertz CT molecular complexity index is 1400. The molecule has 5 rings (SSSR count). The lowest BCUT2D eigenvalue weighted by atomic mass is 9.99. The van der Waals surface area contributed by atoms with Crippen LogP contribution in [0.5, 0.6) is 0 Å². The zero-order valence-corrected chi connectivity index (χ0v) is 17.5. The van der Waals surface area contributed by atoms with Crippen LogP contribution in [-0.4, -0.2) is 33.1 Å². The van der Waals surface area contributed by atoms with E-state index in [2.05, 4.69) is 21.4 Å². The van der Waals surface area contributed by atoms with Crippen LogP contribution in [0.1, 0.15) is 15.9 Å². The Morgan fingerprint density at radius 1 is 0.906 bits per heavy atom. The highest BCUT2D eigenvalue weighted by atomic mass is 16.5. The van der Waals surface area contributed by atoms with Crippen LogP contribution in [0.4, 0.5) is 0 Å². The topological polar surface area (TPSA) is 69.9 Å². The molecule has 156 valence electrons. The lowest BCUT2D eigenvalue weighted by Crippen LogP contribution is -2.03. The minimum atomic E-state index is -0.345. The molecular weight excluding hydrogens is 400 g/mol. The smallest absolute Gasteiger partial charge is 0.338 e. The molecule has 2 aromatic heterocycles. The molecule has 2 heterocycles. The van der Waals surface area contributed by atoms with Crippen molar-refractivity contribution in [3.63, 3.8) is 0 Å². The molecule has 0 unspecified atom stereocenters. The monoisotopic (exact) mass is 420 g/mol. The lowest BCUT2D eigenvalue weighted by molar-refractivity contribution is 0.0601. The van der Waals surface area contributed by atoms with Crippen LogP contribution >= 0.6 is 0 Å². The summed E-state index contributed by atoms with van der Waals surface area (Å²) in [4.78, 5) is 16.4. The van der Waals surface area contributed by atoms with Gasteiger partial charge in [0.1, 0.15) is 5.69 Å². The number of fused-ring (bicyclic) bond motifs is 1. The van der Waals surface area contributed by atoms with Gasteiger partial charge in [0.05, 0.1) is 25.4 Å². The number of aromatic nitrogens is 4. The lowest BCUT2D eigenvalue weighted by Gasteiger charge is -2.09. The first-order valence-electron chi connectivity index (χ1n) is 10.2. The number of hydrogen-bond acceptors (Lipinski definition) is 5. The summed E-state index contributed by atoms with van der Waals surface area (Å²) in [6.45, 7) is 0.587. The van der Waals surface area contributed by atoms with E-state index in [0.29, 0.717) is 12.1 Å². The fraction of sp³-hybridized carbons (Fsp3) is 0.0769. The molecule has 0 saturated heterocycles. The van der Waals surface area contributed by atoms with Gasteiger partial charge in [-0.1, -0.05) is 71.9 Å². The van der Waals surface area contributed by atoms with E-state index in [1.54, 1.807) is 6.07 Å². The first-order valence-corrected chi connectivity index (χ1v) is 10.2. The van der Waals surface area contributed by atoms with Gasteiger partial charge in [0.25, 0.3) is 0 Å². The molecule has 0 aliphatic heterocycles. The predicted molar refractivity (Wildman–Crippen MR) is 123 cm³/mol. The van der Waals surface area contributed by atoms with Crippen LogP contribution in [0.2, 0.25) is 0 Å². The zero-order chi connectivity index (χ0) is 21.9. The van der Waals surface area contributed by atoms with Gasteiger partial charge in [-0.25, -0.2) is 9.48 Å². The fourth-order valence-corrected chi connectivity index (χ4v) is 3.82. The highest BCUT2D eigenvalue weighted by molar-refractivity contribution is 5.97. The second-order valence-corrected chi connectivity index (χ2v) is 7.44. The summed E-state index contributed by atoms with van der Waals surface area (Å²) in [6.07, 6.45) is 5.61. The van der Waals surface area contributed by atoms with Gasteiger partial charge in [0.15, 0.2) is 0 Å². The molecule has 6 nitrogen and oxygen atoms in total. The summed E-state index contributed by atoms with van der Waals surface area (Å²) < 4.78 is 6.72. The SMILES string of the molecule is COC(=O)c1ccccc1-c1ccc(Cn2cc(-c3cncc4ccccc34)nn2)cc1. The van der Waals surface area contributed by atoms with E-state index in [1.165, 1.54) is 7.11 Å². The number of pyridine rings is 1. The van der Waals surface area contributed by atoms with Crippen molar-refractivity contribution in [2.24, 2.45) is 0 Å². The normalized spacial score (nSPS) is 10.9. The summed E-state index contributed by atoms with van der Waals surface area (Å²) in [6, 6.07) is 23.6. The minimum absolute atomic E-state index is 0.345. The number of carbonyl (C=O) groups is 1. The summed E-state index contributed by atoms with van der Waals surface area (Å²) >= 11 is 0. The van der Waals surface area contributed by atoms with E-state index < -0.39 is 0 Å². The van der Waals surface area contributed by atoms with Gasteiger partial charge in [-0.05, 0) is 28.1 Å². The van der Waals surface area contributed by atoms with Crippen molar-refractivity contribution in [1.29, 1.82) is 0 Å². The van der Waals surface area contributed by atoms with Crippen LogP contribution in [0.25, 0.3) is 33.2 Å². The molecule has 32 heavy (non-hydrogen) atoms. The van der Waals surface area contributed by atoms with Gasteiger partial charge in [-0.2, -0.15) is 0 Å². The maximum atomic E-state index is 12.1. The Morgan fingerprint density at radius 2 is 1.69 bits per heavy atom. The molecule has 0 aliphatic carbocycles. The number of ether oxygens (including phenoxy) is 1. The third kappa shape index (κ3) is 3.74. The second kappa shape index (κ2) is 8.43. The third-order valence-electron chi connectivity index (χ3n) is 5.42. The number of rotatable bonds is 5. The molecule has 0 amide bonds. The first-order chi connectivity index (χ1) is 15.7. The van der Waals surface area contributed by atoms with Gasteiger partial charge in [0.2, 0.25) is 0 Å². The first kappa shape index (κ1) is 19.6. The number of methoxy groups -OCH3 is 1. The summed E-state index contributed by atoms with van der Waals surface area (Å²) in [5.74, 6) is -0.345. The molecule has 3 aromatic carbocycles. The maximum absolute atomic E-state index is 12.1. The average molecular weight is 420 g/mol. The molecule has 0 spiro atoms. The number of nitrogens with zero attached hydrogens (tertiary/aromatic N) is 4. The van der Waals surface area contributed by atoms with E-state index in [-0.39, 0.29) is 5.97 Å². The summed E-state index contributed by atoms with van der Waals surface area (Å²) in [7, 11) is 1.39. The number of benzene rings is 3. The van der Waals surface area contributed by atoms with E-state index in [9.17, 15) is 4.79 Å². The summed E-state index contributed by atoms with van der Waals surface area (Å²) in [5, 5.41) is 10.8. The summed E-state index contributed by atoms with van der Waals surface area (Å²) in [5.41, 5.74) is 5.18. The molecule has 0 saturated carbocycles. The largest absolute Gasteiger partial charge is 0.465 e. The Labute approximate surface area is 185 Å². The van der Waals surface area contributed by atoms with Crippen LogP contribution in [0.15, 0.2) is 91.4 Å².